The maximum atomic E-state index is 12.9. The molecule has 0 spiro atoms. The molecule has 1 aromatic heterocycles. The van der Waals surface area contributed by atoms with Gasteiger partial charge in [0.1, 0.15) is 0 Å². The fraction of sp³-hybridized carbons (Fsp3) is 0.167. The topological polar surface area (TPSA) is 63.2 Å². The quantitative estimate of drug-likeness (QED) is 0.440. The van der Waals surface area contributed by atoms with Crippen LogP contribution in [0.1, 0.15) is 27.0 Å². The van der Waals surface area contributed by atoms with Crippen LogP contribution in [0.25, 0.3) is 0 Å². The maximum Gasteiger partial charge on any atom is 0.416 e. The van der Waals surface area contributed by atoms with E-state index in [4.69, 9.17) is 4.74 Å². The number of amides is 1. The summed E-state index contributed by atoms with van der Waals surface area (Å²) in [6, 6.07) is 13.2. The van der Waals surface area contributed by atoms with Crippen molar-refractivity contribution in [3.05, 3.63) is 95.7 Å². The summed E-state index contributed by atoms with van der Waals surface area (Å²) < 4.78 is 44.1. The first-order valence-corrected chi connectivity index (χ1v) is 9.76. The number of nitrogens with zero attached hydrogens (tertiary/aromatic N) is 1. The Kier molecular flexibility index (Phi) is 7.14. The predicted octanol–water partition coefficient (Wildman–Crippen LogP) is 5.70. The lowest BCUT2D eigenvalue weighted by Gasteiger charge is -2.14. The molecule has 0 saturated carbocycles. The molecule has 0 atom stereocenters. The van der Waals surface area contributed by atoms with E-state index in [0.29, 0.717) is 30.1 Å². The van der Waals surface area contributed by atoms with Crippen molar-refractivity contribution >= 4 is 17.3 Å². The number of carbonyl (C=O) groups excluding carboxylic acids is 1. The van der Waals surface area contributed by atoms with Gasteiger partial charge in [0.25, 0.3) is 5.91 Å². The van der Waals surface area contributed by atoms with E-state index < -0.39 is 17.6 Å². The fourth-order valence-electron chi connectivity index (χ4n) is 3.13. The average molecular weight is 441 g/mol. The van der Waals surface area contributed by atoms with E-state index in [1.165, 1.54) is 12.1 Å². The number of alkyl halides is 3. The Labute approximate surface area is 184 Å². The maximum absolute atomic E-state index is 12.9. The van der Waals surface area contributed by atoms with Crippen molar-refractivity contribution in [3.63, 3.8) is 0 Å². The van der Waals surface area contributed by atoms with E-state index in [2.05, 4.69) is 22.2 Å². The Bertz CT molecular complexity index is 1110. The standard InChI is InChI=1S/C24H22F3N3O2/c1-3-7-17-12-16(15-29-23(17)32-2)14-28-21-11-5-4-10-20(21)22(31)30-19-9-6-8-18(13-19)24(25,26)27/h3-6,8-13,15,28H,1,7,14H2,2H3,(H,30,31). The second-order valence-electron chi connectivity index (χ2n) is 6.94. The lowest BCUT2D eigenvalue weighted by atomic mass is 10.1. The van der Waals surface area contributed by atoms with E-state index in [9.17, 15) is 18.0 Å². The highest BCUT2D eigenvalue weighted by Crippen LogP contribution is 2.31. The SMILES string of the molecule is C=CCc1cc(CNc2ccccc2C(=O)Nc2cccc(C(F)(F)F)c2)cnc1OC. The van der Waals surface area contributed by atoms with Gasteiger partial charge in [0.15, 0.2) is 0 Å². The third kappa shape index (κ3) is 5.66. The Morgan fingerprint density at radius 2 is 1.94 bits per heavy atom. The monoisotopic (exact) mass is 441 g/mol. The number of nitrogens with one attached hydrogen (secondary N) is 2. The van der Waals surface area contributed by atoms with E-state index in [-0.39, 0.29) is 5.69 Å². The van der Waals surface area contributed by atoms with Crippen LogP contribution in [0.3, 0.4) is 0 Å². The van der Waals surface area contributed by atoms with Crippen molar-refractivity contribution < 1.29 is 22.7 Å². The molecule has 0 aliphatic rings. The molecule has 0 bridgehead atoms. The highest BCUT2D eigenvalue weighted by atomic mass is 19.4. The van der Waals surface area contributed by atoms with Gasteiger partial charge in [0, 0.05) is 29.7 Å². The van der Waals surface area contributed by atoms with Gasteiger partial charge in [-0.1, -0.05) is 24.3 Å². The van der Waals surface area contributed by atoms with Crippen LogP contribution in [0.5, 0.6) is 5.88 Å². The number of aromatic nitrogens is 1. The van der Waals surface area contributed by atoms with Crippen molar-refractivity contribution in [2.24, 2.45) is 0 Å². The molecular weight excluding hydrogens is 419 g/mol. The van der Waals surface area contributed by atoms with E-state index in [1.54, 1.807) is 43.6 Å². The van der Waals surface area contributed by atoms with Crippen molar-refractivity contribution in [2.75, 3.05) is 17.7 Å². The Morgan fingerprint density at radius 3 is 2.66 bits per heavy atom. The number of carbonyl (C=O) groups is 1. The minimum Gasteiger partial charge on any atom is -0.481 e. The fourth-order valence-corrected chi connectivity index (χ4v) is 3.13. The number of hydrogen-bond donors (Lipinski definition) is 2. The molecule has 0 radical (unpaired) electrons. The smallest absolute Gasteiger partial charge is 0.416 e. The van der Waals surface area contributed by atoms with Gasteiger partial charge >= 0.3 is 6.18 Å². The summed E-state index contributed by atoms with van der Waals surface area (Å²) in [5.74, 6) is 0.00198. The average Bonchev–Trinajstić information content (AvgIpc) is 2.78. The summed E-state index contributed by atoms with van der Waals surface area (Å²) in [5, 5.41) is 5.72. The van der Waals surface area contributed by atoms with Crippen LogP contribution < -0.4 is 15.4 Å². The number of allylic oxidation sites excluding steroid dienone is 1. The third-order valence-corrected chi connectivity index (χ3v) is 4.64. The number of benzene rings is 2. The molecule has 8 heteroatoms. The number of pyridine rings is 1. The van der Waals surface area contributed by atoms with Gasteiger partial charge in [-0.15, -0.1) is 6.58 Å². The molecule has 0 aliphatic carbocycles. The molecule has 0 aliphatic heterocycles. The largest absolute Gasteiger partial charge is 0.481 e. The number of ether oxygens (including phenoxy) is 1. The number of methoxy groups -OCH3 is 1. The molecule has 2 aromatic carbocycles. The van der Waals surface area contributed by atoms with Gasteiger partial charge in [-0.25, -0.2) is 4.98 Å². The van der Waals surface area contributed by atoms with E-state index >= 15 is 0 Å². The summed E-state index contributed by atoms with van der Waals surface area (Å²) >= 11 is 0. The van der Waals surface area contributed by atoms with Crippen molar-refractivity contribution in [1.82, 2.24) is 4.98 Å². The van der Waals surface area contributed by atoms with Gasteiger partial charge in [-0.3, -0.25) is 4.79 Å². The van der Waals surface area contributed by atoms with Crippen LogP contribution in [0.4, 0.5) is 24.5 Å². The van der Waals surface area contributed by atoms with Crippen LogP contribution >= 0.6 is 0 Å². The molecule has 0 fully saturated rings. The third-order valence-electron chi connectivity index (χ3n) is 4.64. The lowest BCUT2D eigenvalue weighted by molar-refractivity contribution is -0.137. The zero-order valence-electron chi connectivity index (χ0n) is 17.4. The first-order chi connectivity index (χ1) is 15.3. The van der Waals surface area contributed by atoms with E-state index in [0.717, 1.165) is 23.3 Å². The summed E-state index contributed by atoms with van der Waals surface area (Å²) in [7, 11) is 1.55. The number of halogens is 3. The van der Waals surface area contributed by atoms with Gasteiger partial charge in [0.2, 0.25) is 5.88 Å². The lowest BCUT2D eigenvalue weighted by Crippen LogP contribution is -2.15. The highest BCUT2D eigenvalue weighted by Gasteiger charge is 2.30. The molecule has 166 valence electrons. The first kappa shape index (κ1) is 22.9. The Morgan fingerprint density at radius 1 is 1.16 bits per heavy atom. The molecule has 3 aromatic rings. The second-order valence-corrected chi connectivity index (χ2v) is 6.94. The highest BCUT2D eigenvalue weighted by molar-refractivity contribution is 6.08. The van der Waals surface area contributed by atoms with Gasteiger partial charge < -0.3 is 15.4 Å². The molecule has 3 rings (SSSR count). The van der Waals surface area contributed by atoms with E-state index in [1.807, 2.05) is 6.07 Å². The number of para-hydroxylation sites is 1. The Balaban J connectivity index is 1.76. The van der Waals surface area contributed by atoms with Crippen molar-refractivity contribution in [1.29, 1.82) is 0 Å². The second kappa shape index (κ2) is 10.00. The Hall–Kier alpha value is -3.81. The van der Waals surface area contributed by atoms with Gasteiger partial charge in [-0.05, 0) is 48.4 Å². The zero-order chi connectivity index (χ0) is 23.1. The minimum atomic E-state index is -4.49. The first-order valence-electron chi connectivity index (χ1n) is 9.76. The minimum absolute atomic E-state index is 0.0630. The molecular formula is C24H22F3N3O2. The van der Waals surface area contributed by atoms with Crippen LogP contribution in [-0.2, 0) is 19.1 Å². The summed E-state index contributed by atoms with van der Waals surface area (Å²) in [6.07, 6.45) is -0.467. The molecule has 32 heavy (non-hydrogen) atoms. The number of anilines is 2. The molecule has 0 saturated heterocycles. The van der Waals surface area contributed by atoms with Crippen molar-refractivity contribution in [3.8, 4) is 5.88 Å². The number of rotatable bonds is 8. The summed E-state index contributed by atoms with van der Waals surface area (Å²) in [4.78, 5) is 17.0. The predicted molar refractivity (Wildman–Crippen MR) is 118 cm³/mol. The van der Waals surface area contributed by atoms with Crippen LogP contribution in [0.2, 0.25) is 0 Å². The molecule has 2 N–H and O–H groups in total. The summed E-state index contributed by atoms with van der Waals surface area (Å²) in [5.41, 5.74) is 1.83. The molecule has 1 heterocycles. The van der Waals surface area contributed by atoms with Gasteiger partial charge in [0.05, 0.1) is 18.2 Å². The van der Waals surface area contributed by atoms with Gasteiger partial charge in [-0.2, -0.15) is 13.2 Å². The number of hydrogen-bond acceptors (Lipinski definition) is 4. The zero-order valence-corrected chi connectivity index (χ0v) is 17.4. The molecule has 5 nitrogen and oxygen atoms in total. The normalized spacial score (nSPS) is 11.0. The molecule has 0 unspecified atom stereocenters. The van der Waals surface area contributed by atoms with Crippen LogP contribution in [0, 0.1) is 0 Å². The molecule has 1 amide bonds. The summed E-state index contributed by atoms with van der Waals surface area (Å²) in [6.45, 7) is 4.12. The van der Waals surface area contributed by atoms with Crippen LogP contribution in [-0.4, -0.2) is 18.0 Å². The van der Waals surface area contributed by atoms with Crippen LogP contribution in [0.15, 0.2) is 73.4 Å². The van der Waals surface area contributed by atoms with Crippen molar-refractivity contribution in [2.45, 2.75) is 19.1 Å².